The highest BCUT2D eigenvalue weighted by atomic mass is 15.0. The number of hydrogen-bond acceptors (Lipinski definition) is 2. The van der Waals surface area contributed by atoms with Crippen molar-refractivity contribution in [3.63, 3.8) is 0 Å². The van der Waals surface area contributed by atoms with Crippen molar-refractivity contribution in [2.75, 3.05) is 0 Å². The summed E-state index contributed by atoms with van der Waals surface area (Å²) in [5, 5.41) is 13.7. The zero-order valence-corrected chi connectivity index (χ0v) is 12.8. The molecule has 0 heterocycles. The van der Waals surface area contributed by atoms with Crippen molar-refractivity contribution >= 4 is 0 Å². The van der Waals surface area contributed by atoms with Crippen LogP contribution in [0.15, 0.2) is 0 Å². The lowest BCUT2D eigenvalue weighted by Crippen LogP contribution is -2.57. The van der Waals surface area contributed by atoms with Crippen LogP contribution in [-0.2, 0) is 0 Å². The first kappa shape index (κ1) is 14.9. The number of nitrogens with one attached hydrogen (secondary N) is 1. The summed E-state index contributed by atoms with van der Waals surface area (Å²) in [5.74, 6) is 1.15. The maximum absolute atomic E-state index is 9.85. The molecule has 0 aromatic rings. The fourth-order valence-corrected chi connectivity index (χ4v) is 4.24. The number of hydrogen-bond donors (Lipinski definition) is 1. The molecule has 0 aliphatic heterocycles. The van der Waals surface area contributed by atoms with E-state index in [1.807, 2.05) is 0 Å². The summed E-state index contributed by atoms with van der Waals surface area (Å²) in [5.41, 5.74) is -0.235. The lowest BCUT2D eigenvalue weighted by atomic mass is 9.68. The Kier molecular flexibility index (Phi) is 5.28. The van der Waals surface area contributed by atoms with E-state index in [9.17, 15) is 5.26 Å². The van der Waals surface area contributed by atoms with Gasteiger partial charge in [-0.15, -0.1) is 0 Å². The zero-order chi connectivity index (χ0) is 13.7. The second-order valence-electron chi connectivity index (χ2n) is 7.01. The van der Waals surface area contributed by atoms with E-state index in [0.29, 0.717) is 17.9 Å². The van der Waals surface area contributed by atoms with Crippen molar-refractivity contribution in [2.24, 2.45) is 11.8 Å². The largest absolute Gasteiger partial charge is 0.296 e. The molecule has 0 aromatic carbocycles. The van der Waals surface area contributed by atoms with Gasteiger partial charge in [0.25, 0.3) is 0 Å². The molecule has 0 radical (unpaired) electrons. The van der Waals surface area contributed by atoms with Crippen LogP contribution in [0.5, 0.6) is 0 Å². The summed E-state index contributed by atoms with van der Waals surface area (Å²) in [4.78, 5) is 0. The Hall–Kier alpha value is -0.550. The Bertz CT molecular complexity index is 310. The van der Waals surface area contributed by atoms with Gasteiger partial charge in [0.2, 0.25) is 0 Å². The van der Waals surface area contributed by atoms with Crippen LogP contribution in [0.1, 0.15) is 78.1 Å². The van der Waals surface area contributed by atoms with Crippen LogP contribution >= 0.6 is 0 Å². The lowest BCUT2D eigenvalue weighted by molar-refractivity contribution is 0.132. The molecule has 0 aromatic heterocycles. The Morgan fingerprint density at radius 1 is 1.00 bits per heavy atom. The van der Waals surface area contributed by atoms with Gasteiger partial charge in [0.15, 0.2) is 0 Å². The number of nitrogens with zero attached hydrogens (tertiary/aromatic N) is 1. The molecule has 2 rings (SSSR count). The SMILES string of the molecule is CC(C)C1CCCCC1(C#N)NC1CCCCCC1. The summed E-state index contributed by atoms with van der Waals surface area (Å²) in [6.07, 6.45) is 12.8. The fraction of sp³-hybridized carbons (Fsp3) is 0.941. The smallest absolute Gasteiger partial charge is 0.110 e. The molecule has 108 valence electrons. The lowest BCUT2D eigenvalue weighted by Gasteiger charge is -2.44. The minimum absolute atomic E-state index is 0.235. The van der Waals surface area contributed by atoms with Crippen molar-refractivity contribution in [1.82, 2.24) is 5.32 Å². The molecule has 2 saturated carbocycles. The van der Waals surface area contributed by atoms with Gasteiger partial charge in [-0.2, -0.15) is 5.26 Å². The molecule has 0 saturated heterocycles. The van der Waals surface area contributed by atoms with Gasteiger partial charge in [-0.05, 0) is 37.5 Å². The van der Waals surface area contributed by atoms with Crippen molar-refractivity contribution in [3.05, 3.63) is 0 Å². The number of rotatable bonds is 3. The number of nitriles is 1. The van der Waals surface area contributed by atoms with Crippen molar-refractivity contribution in [1.29, 1.82) is 5.26 Å². The highest BCUT2D eigenvalue weighted by Crippen LogP contribution is 2.39. The highest BCUT2D eigenvalue weighted by Gasteiger charge is 2.43. The predicted octanol–water partition coefficient (Wildman–Crippen LogP) is 4.41. The molecule has 2 aliphatic rings. The Labute approximate surface area is 119 Å². The summed E-state index contributed by atoms with van der Waals surface area (Å²) in [7, 11) is 0. The monoisotopic (exact) mass is 262 g/mol. The molecule has 2 nitrogen and oxygen atoms in total. The molecular formula is C17H30N2. The van der Waals surface area contributed by atoms with Gasteiger partial charge in [0.05, 0.1) is 6.07 Å². The third-order valence-corrected chi connectivity index (χ3v) is 5.29. The van der Waals surface area contributed by atoms with E-state index in [2.05, 4.69) is 25.2 Å². The maximum Gasteiger partial charge on any atom is 0.110 e. The van der Waals surface area contributed by atoms with Gasteiger partial charge in [-0.3, -0.25) is 5.32 Å². The standard InChI is InChI=1S/C17H30N2/c1-14(2)16-11-7-8-12-17(16,13-18)19-15-9-5-3-4-6-10-15/h14-16,19H,3-12H2,1-2H3. The Balaban J connectivity index is 2.08. The first-order chi connectivity index (χ1) is 9.18. The Morgan fingerprint density at radius 2 is 1.63 bits per heavy atom. The average molecular weight is 262 g/mol. The van der Waals surface area contributed by atoms with E-state index in [1.165, 1.54) is 57.8 Å². The fourth-order valence-electron chi connectivity index (χ4n) is 4.24. The minimum Gasteiger partial charge on any atom is -0.296 e. The minimum atomic E-state index is -0.235. The molecule has 2 aliphatic carbocycles. The van der Waals surface area contributed by atoms with Crippen LogP contribution in [0.25, 0.3) is 0 Å². The van der Waals surface area contributed by atoms with Gasteiger partial charge < -0.3 is 0 Å². The zero-order valence-electron chi connectivity index (χ0n) is 12.8. The molecule has 19 heavy (non-hydrogen) atoms. The molecule has 0 bridgehead atoms. The van der Waals surface area contributed by atoms with Gasteiger partial charge >= 0.3 is 0 Å². The summed E-state index contributed by atoms with van der Waals surface area (Å²) in [6, 6.07) is 3.29. The van der Waals surface area contributed by atoms with Gasteiger partial charge in [-0.1, -0.05) is 52.4 Å². The van der Waals surface area contributed by atoms with Gasteiger partial charge in [-0.25, -0.2) is 0 Å². The van der Waals surface area contributed by atoms with E-state index in [1.54, 1.807) is 0 Å². The summed E-state index contributed by atoms with van der Waals surface area (Å²) in [6.45, 7) is 4.58. The summed E-state index contributed by atoms with van der Waals surface area (Å²) < 4.78 is 0. The molecule has 2 fully saturated rings. The van der Waals surface area contributed by atoms with Crippen LogP contribution in [0.4, 0.5) is 0 Å². The maximum atomic E-state index is 9.85. The van der Waals surface area contributed by atoms with E-state index >= 15 is 0 Å². The van der Waals surface area contributed by atoms with Crippen LogP contribution in [-0.4, -0.2) is 11.6 Å². The first-order valence-electron chi connectivity index (χ1n) is 8.37. The second-order valence-corrected chi connectivity index (χ2v) is 7.01. The topological polar surface area (TPSA) is 35.8 Å². The van der Waals surface area contributed by atoms with Crippen molar-refractivity contribution < 1.29 is 0 Å². The van der Waals surface area contributed by atoms with E-state index in [0.717, 1.165) is 6.42 Å². The molecule has 2 unspecified atom stereocenters. The third kappa shape index (κ3) is 3.51. The molecular weight excluding hydrogens is 232 g/mol. The predicted molar refractivity (Wildman–Crippen MR) is 79.8 cm³/mol. The van der Waals surface area contributed by atoms with Crippen LogP contribution in [0.2, 0.25) is 0 Å². The molecule has 2 heteroatoms. The highest BCUT2D eigenvalue weighted by molar-refractivity contribution is 5.14. The molecule has 0 amide bonds. The van der Waals surface area contributed by atoms with Crippen LogP contribution in [0, 0.1) is 23.2 Å². The second kappa shape index (κ2) is 6.75. The molecule has 1 N–H and O–H groups in total. The normalized spacial score (nSPS) is 33.9. The van der Waals surface area contributed by atoms with Crippen molar-refractivity contribution in [3.8, 4) is 6.07 Å². The van der Waals surface area contributed by atoms with Gasteiger partial charge in [0, 0.05) is 6.04 Å². The molecule has 2 atom stereocenters. The van der Waals surface area contributed by atoms with E-state index < -0.39 is 0 Å². The first-order valence-corrected chi connectivity index (χ1v) is 8.37. The van der Waals surface area contributed by atoms with E-state index in [4.69, 9.17) is 0 Å². The van der Waals surface area contributed by atoms with E-state index in [-0.39, 0.29) is 5.54 Å². The molecule has 0 spiro atoms. The summed E-state index contributed by atoms with van der Waals surface area (Å²) >= 11 is 0. The quantitative estimate of drug-likeness (QED) is 0.765. The van der Waals surface area contributed by atoms with Crippen LogP contribution < -0.4 is 5.32 Å². The van der Waals surface area contributed by atoms with Gasteiger partial charge in [0.1, 0.15) is 5.54 Å². The van der Waals surface area contributed by atoms with Crippen molar-refractivity contribution in [2.45, 2.75) is 89.6 Å². The Morgan fingerprint density at radius 3 is 2.21 bits per heavy atom. The van der Waals surface area contributed by atoms with Crippen LogP contribution in [0.3, 0.4) is 0 Å². The third-order valence-electron chi connectivity index (χ3n) is 5.29. The average Bonchev–Trinajstić information content (AvgIpc) is 2.67.